The van der Waals surface area contributed by atoms with E-state index in [1.807, 2.05) is 12.1 Å². The van der Waals surface area contributed by atoms with Gasteiger partial charge in [-0.3, -0.25) is 4.68 Å². The first-order valence-corrected chi connectivity index (χ1v) is 6.34. The standard InChI is InChI=1S/C15H18N2O2/c1-10(2)8-11-4-6-12(7-5-11)13-9-14(15(18)19)17(3)16-13/h4-7,9-10H,8H2,1-3H3,(H,18,19). The SMILES string of the molecule is CC(C)Cc1ccc(-c2cc(C(=O)O)n(C)n2)cc1. The molecule has 4 nitrogen and oxygen atoms in total. The van der Waals surface area contributed by atoms with Gasteiger partial charge in [-0.2, -0.15) is 5.10 Å². The summed E-state index contributed by atoms with van der Waals surface area (Å²) in [6.45, 7) is 4.37. The van der Waals surface area contributed by atoms with Crippen molar-refractivity contribution in [2.24, 2.45) is 13.0 Å². The number of aromatic carboxylic acids is 1. The minimum absolute atomic E-state index is 0.196. The van der Waals surface area contributed by atoms with Crippen LogP contribution in [0.5, 0.6) is 0 Å². The predicted molar refractivity (Wildman–Crippen MR) is 74.1 cm³/mol. The van der Waals surface area contributed by atoms with Crippen molar-refractivity contribution < 1.29 is 9.90 Å². The summed E-state index contributed by atoms with van der Waals surface area (Å²) in [6, 6.07) is 9.73. The highest BCUT2D eigenvalue weighted by Gasteiger charge is 2.12. The second kappa shape index (κ2) is 5.26. The lowest BCUT2D eigenvalue weighted by atomic mass is 10.0. The summed E-state index contributed by atoms with van der Waals surface area (Å²) in [5, 5.41) is 13.2. The number of hydrogen-bond donors (Lipinski definition) is 1. The molecule has 1 aromatic carbocycles. The molecule has 0 fully saturated rings. The molecule has 0 saturated carbocycles. The number of carbonyl (C=O) groups is 1. The number of aryl methyl sites for hydroxylation is 1. The van der Waals surface area contributed by atoms with E-state index in [0.717, 1.165) is 12.0 Å². The number of benzene rings is 1. The Balaban J connectivity index is 2.27. The summed E-state index contributed by atoms with van der Waals surface area (Å²) in [7, 11) is 1.64. The molecule has 1 heterocycles. The van der Waals surface area contributed by atoms with Gasteiger partial charge in [0.15, 0.2) is 0 Å². The molecule has 2 rings (SSSR count). The van der Waals surface area contributed by atoms with Crippen molar-refractivity contribution in [2.45, 2.75) is 20.3 Å². The Kier molecular flexibility index (Phi) is 3.69. The molecule has 0 spiro atoms. The van der Waals surface area contributed by atoms with Crippen molar-refractivity contribution in [3.8, 4) is 11.3 Å². The molecule has 2 aromatic rings. The van der Waals surface area contributed by atoms with Gasteiger partial charge in [0.05, 0.1) is 5.69 Å². The number of hydrogen-bond acceptors (Lipinski definition) is 2. The van der Waals surface area contributed by atoms with Crippen molar-refractivity contribution in [1.29, 1.82) is 0 Å². The highest BCUT2D eigenvalue weighted by atomic mass is 16.4. The van der Waals surface area contributed by atoms with Crippen molar-refractivity contribution >= 4 is 5.97 Å². The van der Waals surface area contributed by atoms with Gasteiger partial charge in [0.25, 0.3) is 0 Å². The highest BCUT2D eigenvalue weighted by molar-refractivity contribution is 5.87. The van der Waals surface area contributed by atoms with Gasteiger partial charge in [-0.15, -0.1) is 0 Å². The summed E-state index contributed by atoms with van der Waals surface area (Å²) in [6.07, 6.45) is 1.04. The van der Waals surface area contributed by atoms with E-state index >= 15 is 0 Å². The van der Waals surface area contributed by atoms with Crippen LogP contribution in [-0.4, -0.2) is 20.9 Å². The van der Waals surface area contributed by atoms with Gasteiger partial charge in [0.1, 0.15) is 5.69 Å². The van der Waals surface area contributed by atoms with Crippen molar-refractivity contribution in [2.75, 3.05) is 0 Å². The molecule has 0 aliphatic carbocycles. The number of rotatable bonds is 4. The topological polar surface area (TPSA) is 55.1 Å². The molecular weight excluding hydrogens is 240 g/mol. The number of aromatic nitrogens is 2. The van der Waals surface area contributed by atoms with Crippen LogP contribution in [0.4, 0.5) is 0 Å². The van der Waals surface area contributed by atoms with Gasteiger partial charge in [-0.25, -0.2) is 4.79 Å². The quantitative estimate of drug-likeness (QED) is 0.917. The van der Waals surface area contributed by atoms with E-state index in [-0.39, 0.29) is 5.69 Å². The Labute approximate surface area is 112 Å². The fourth-order valence-corrected chi connectivity index (χ4v) is 2.09. The average molecular weight is 258 g/mol. The van der Waals surface area contributed by atoms with Gasteiger partial charge in [0, 0.05) is 12.6 Å². The molecule has 0 aliphatic heterocycles. The van der Waals surface area contributed by atoms with Crippen LogP contribution in [0.1, 0.15) is 29.9 Å². The minimum atomic E-state index is -0.960. The molecule has 100 valence electrons. The lowest BCUT2D eigenvalue weighted by Gasteiger charge is -2.05. The summed E-state index contributed by atoms with van der Waals surface area (Å²) >= 11 is 0. The fraction of sp³-hybridized carbons (Fsp3) is 0.333. The second-order valence-corrected chi connectivity index (χ2v) is 5.14. The maximum Gasteiger partial charge on any atom is 0.354 e. The van der Waals surface area contributed by atoms with E-state index < -0.39 is 5.97 Å². The molecule has 0 aliphatic rings. The zero-order valence-corrected chi connectivity index (χ0v) is 11.4. The molecule has 19 heavy (non-hydrogen) atoms. The highest BCUT2D eigenvalue weighted by Crippen LogP contribution is 2.20. The normalized spacial score (nSPS) is 10.9. The van der Waals surface area contributed by atoms with Crippen LogP contribution in [0.2, 0.25) is 0 Å². The van der Waals surface area contributed by atoms with E-state index in [2.05, 4.69) is 31.1 Å². The Bertz CT molecular complexity index is 583. The molecule has 0 amide bonds. The number of nitrogens with zero attached hydrogens (tertiary/aromatic N) is 2. The number of carboxylic acid groups (broad SMARTS) is 1. The molecule has 4 heteroatoms. The van der Waals surface area contributed by atoms with Crippen LogP contribution in [0, 0.1) is 5.92 Å². The average Bonchev–Trinajstić information content (AvgIpc) is 2.71. The van der Waals surface area contributed by atoms with Gasteiger partial charge in [-0.05, 0) is 24.0 Å². The predicted octanol–water partition coefficient (Wildman–Crippen LogP) is 2.98. The van der Waals surface area contributed by atoms with Crippen molar-refractivity contribution in [3.63, 3.8) is 0 Å². The molecule has 0 saturated heterocycles. The molecule has 0 atom stereocenters. The zero-order chi connectivity index (χ0) is 14.0. The summed E-state index contributed by atoms with van der Waals surface area (Å²) in [4.78, 5) is 11.0. The van der Waals surface area contributed by atoms with E-state index in [1.165, 1.54) is 10.2 Å². The van der Waals surface area contributed by atoms with E-state index in [9.17, 15) is 4.79 Å². The van der Waals surface area contributed by atoms with E-state index in [4.69, 9.17) is 5.11 Å². The van der Waals surface area contributed by atoms with Crippen molar-refractivity contribution in [3.05, 3.63) is 41.6 Å². The smallest absolute Gasteiger partial charge is 0.354 e. The van der Waals surface area contributed by atoms with Crippen LogP contribution < -0.4 is 0 Å². The monoisotopic (exact) mass is 258 g/mol. The minimum Gasteiger partial charge on any atom is -0.477 e. The first kappa shape index (κ1) is 13.3. The van der Waals surface area contributed by atoms with Gasteiger partial charge >= 0.3 is 5.97 Å². The van der Waals surface area contributed by atoms with Gasteiger partial charge in [0.2, 0.25) is 0 Å². The van der Waals surface area contributed by atoms with E-state index in [0.29, 0.717) is 11.6 Å². The largest absolute Gasteiger partial charge is 0.477 e. The number of carboxylic acids is 1. The maximum atomic E-state index is 11.0. The van der Waals surface area contributed by atoms with Gasteiger partial charge in [-0.1, -0.05) is 38.1 Å². The van der Waals surface area contributed by atoms with Crippen LogP contribution in [0.25, 0.3) is 11.3 Å². The summed E-state index contributed by atoms with van der Waals surface area (Å²) in [5.74, 6) is -0.336. The van der Waals surface area contributed by atoms with Gasteiger partial charge < -0.3 is 5.11 Å². The third-order valence-corrected chi connectivity index (χ3v) is 2.99. The molecule has 0 bridgehead atoms. The first-order chi connectivity index (χ1) is 8.97. The van der Waals surface area contributed by atoms with Crippen LogP contribution in [0.3, 0.4) is 0 Å². The summed E-state index contributed by atoms with van der Waals surface area (Å²) < 4.78 is 1.39. The first-order valence-electron chi connectivity index (χ1n) is 6.34. The third-order valence-electron chi connectivity index (χ3n) is 2.99. The van der Waals surface area contributed by atoms with Crippen LogP contribution >= 0.6 is 0 Å². The van der Waals surface area contributed by atoms with E-state index in [1.54, 1.807) is 13.1 Å². The van der Waals surface area contributed by atoms with Crippen molar-refractivity contribution in [1.82, 2.24) is 9.78 Å². The second-order valence-electron chi connectivity index (χ2n) is 5.14. The lowest BCUT2D eigenvalue weighted by Crippen LogP contribution is -2.04. The molecule has 1 N–H and O–H groups in total. The maximum absolute atomic E-state index is 11.0. The molecular formula is C15H18N2O2. The lowest BCUT2D eigenvalue weighted by molar-refractivity contribution is 0.0685. The molecule has 0 unspecified atom stereocenters. The fourth-order valence-electron chi connectivity index (χ4n) is 2.09. The summed E-state index contributed by atoms with van der Waals surface area (Å²) in [5.41, 5.74) is 3.11. The Hall–Kier alpha value is -2.10. The Morgan fingerprint density at radius 2 is 1.95 bits per heavy atom. The van der Waals surface area contributed by atoms with Crippen LogP contribution in [0.15, 0.2) is 30.3 Å². The third kappa shape index (κ3) is 3.02. The molecule has 0 radical (unpaired) electrons. The Morgan fingerprint density at radius 1 is 1.32 bits per heavy atom. The zero-order valence-electron chi connectivity index (χ0n) is 11.4. The van der Waals surface area contributed by atoms with Crippen LogP contribution in [-0.2, 0) is 13.5 Å². The molecule has 1 aromatic heterocycles. The Morgan fingerprint density at radius 3 is 2.42 bits per heavy atom.